The third-order valence-corrected chi connectivity index (χ3v) is 4.22. The van der Waals surface area contributed by atoms with Gasteiger partial charge in [0.05, 0.1) is 14.2 Å². The highest BCUT2D eigenvalue weighted by molar-refractivity contribution is 5.80. The molecule has 3 aromatic rings. The summed E-state index contributed by atoms with van der Waals surface area (Å²) in [6.07, 6.45) is 3.07. The average molecular weight is 338 g/mol. The molecule has 1 aromatic heterocycles. The van der Waals surface area contributed by atoms with E-state index in [1.54, 1.807) is 14.2 Å². The second-order valence-corrected chi connectivity index (χ2v) is 5.85. The molecule has 0 saturated heterocycles. The fourth-order valence-electron chi connectivity index (χ4n) is 2.81. The number of methoxy groups -OCH3 is 2. The standard InChI is InChI=1S/C20H22N2O3/c1-24-17-6-7-19(25-2)16(12-17)13-22-20(23)8-4-14-3-5-15-9-10-21-18(15)11-14/h3,5-7,9-12,21H,4,8,13H2,1-2H3,(H,22,23). The van der Waals surface area contributed by atoms with Gasteiger partial charge in [-0.25, -0.2) is 0 Å². The molecule has 5 nitrogen and oxygen atoms in total. The van der Waals surface area contributed by atoms with E-state index in [1.807, 2.05) is 30.5 Å². The van der Waals surface area contributed by atoms with E-state index in [1.165, 1.54) is 5.39 Å². The number of aromatic amines is 1. The van der Waals surface area contributed by atoms with Crippen LogP contribution in [-0.2, 0) is 17.8 Å². The maximum Gasteiger partial charge on any atom is 0.220 e. The number of fused-ring (bicyclic) bond motifs is 1. The number of carbonyl (C=O) groups is 1. The number of nitrogens with one attached hydrogen (secondary N) is 2. The minimum atomic E-state index is 0.0106. The lowest BCUT2D eigenvalue weighted by molar-refractivity contribution is -0.121. The topological polar surface area (TPSA) is 63.4 Å². The minimum absolute atomic E-state index is 0.0106. The van der Waals surface area contributed by atoms with Gasteiger partial charge in [0.15, 0.2) is 0 Å². The summed E-state index contributed by atoms with van der Waals surface area (Å²) in [5.74, 6) is 1.49. The van der Waals surface area contributed by atoms with E-state index in [-0.39, 0.29) is 5.91 Å². The maximum atomic E-state index is 12.2. The first kappa shape index (κ1) is 16.9. The SMILES string of the molecule is COc1ccc(OC)c(CNC(=O)CCc2ccc3cc[nH]c3c2)c1. The number of hydrogen-bond donors (Lipinski definition) is 2. The summed E-state index contributed by atoms with van der Waals surface area (Å²) in [5, 5.41) is 4.12. The third kappa shape index (κ3) is 4.12. The molecule has 0 saturated carbocycles. The van der Waals surface area contributed by atoms with Gasteiger partial charge in [-0.1, -0.05) is 12.1 Å². The summed E-state index contributed by atoms with van der Waals surface area (Å²) in [6.45, 7) is 0.412. The van der Waals surface area contributed by atoms with Crippen molar-refractivity contribution in [1.29, 1.82) is 0 Å². The summed E-state index contributed by atoms with van der Waals surface area (Å²) in [6, 6.07) is 13.8. The molecule has 0 atom stereocenters. The van der Waals surface area contributed by atoms with Crippen LogP contribution in [0.1, 0.15) is 17.5 Å². The first-order chi connectivity index (χ1) is 12.2. The van der Waals surface area contributed by atoms with Gasteiger partial charge in [0.2, 0.25) is 5.91 Å². The van der Waals surface area contributed by atoms with Crippen LogP contribution in [0.5, 0.6) is 11.5 Å². The van der Waals surface area contributed by atoms with Gasteiger partial charge in [0.25, 0.3) is 0 Å². The fraction of sp³-hybridized carbons (Fsp3) is 0.250. The lowest BCUT2D eigenvalue weighted by atomic mass is 10.1. The van der Waals surface area contributed by atoms with Crippen LogP contribution in [0.25, 0.3) is 10.9 Å². The molecule has 2 aromatic carbocycles. The molecular formula is C20H22N2O3. The van der Waals surface area contributed by atoms with Gasteiger partial charge in [-0.3, -0.25) is 4.79 Å². The summed E-state index contributed by atoms with van der Waals surface area (Å²) < 4.78 is 10.6. The fourth-order valence-corrected chi connectivity index (χ4v) is 2.81. The molecule has 130 valence electrons. The first-order valence-corrected chi connectivity index (χ1v) is 8.23. The van der Waals surface area contributed by atoms with Gasteiger partial charge in [-0.2, -0.15) is 0 Å². The second-order valence-electron chi connectivity index (χ2n) is 5.85. The van der Waals surface area contributed by atoms with Crippen molar-refractivity contribution in [2.45, 2.75) is 19.4 Å². The second kappa shape index (κ2) is 7.75. The number of H-pyrrole nitrogens is 1. The lowest BCUT2D eigenvalue weighted by Gasteiger charge is -2.11. The van der Waals surface area contributed by atoms with Gasteiger partial charge in [-0.05, 0) is 47.7 Å². The number of ether oxygens (including phenoxy) is 2. The van der Waals surface area contributed by atoms with Crippen molar-refractivity contribution < 1.29 is 14.3 Å². The van der Waals surface area contributed by atoms with Crippen LogP contribution in [0.3, 0.4) is 0 Å². The highest BCUT2D eigenvalue weighted by atomic mass is 16.5. The Bertz CT molecular complexity index is 870. The van der Waals surface area contributed by atoms with E-state index >= 15 is 0 Å². The van der Waals surface area contributed by atoms with Crippen molar-refractivity contribution in [2.75, 3.05) is 14.2 Å². The highest BCUT2D eigenvalue weighted by Crippen LogP contribution is 2.23. The average Bonchev–Trinajstić information content (AvgIpc) is 3.12. The van der Waals surface area contributed by atoms with Gasteiger partial charge in [0, 0.05) is 30.2 Å². The monoisotopic (exact) mass is 338 g/mol. The van der Waals surface area contributed by atoms with Crippen molar-refractivity contribution >= 4 is 16.8 Å². The molecule has 5 heteroatoms. The normalized spacial score (nSPS) is 10.6. The van der Waals surface area contributed by atoms with Crippen molar-refractivity contribution in [2.24, 2.45) is 0 Å². The van der Waals surface area contributed by atoms with E-state index in [4.69, 9.17) is 9.47 Å². The number of amides is 1. The highest BCUT2D eigenvalue weighted by Gasteiger charge is 2.08. The van der Waals surface area contributed by atoms with E-state index in [0.717, 1.165) is 28.1 Å². The van der Waals surface area contributed by atoms with E-state index in [2.05, 4.69) is 28.5 Å². The zero-order valence-corrected chi connectivity index (χ0v) is 14.5. The Balaban J connectivity index is 1.56. The Morgan fingerprint density at radius 3 is 2.76 bits per heavy atom. The molecule has 0 fully saturated rings. The zero-order valence-electron chi connectivity index (χ0n) is 14.5. The molecule has 0 aliphatic heterocycles. The number of carbonyl (C=O) groups excluding carboxylic acids is 1. The molecule has 0 aliphatic carbocycles. The van der Waals surface area contributed by atoms with E-state index in [0.29, 0.717) is 19.4 Å². The summed E-state index contributed by atoms with van der Waals surface area (Å²) in [4.78, 5) is 15.4. The predicted molar refractivity (Wildman–Crippen MR) is 98.0 cm³/mol. The largest absolute Gasteiger partial charge is 0.497 e. The van der Waals surface area contributed by atoms with Crippen LogP contribution < -0.4 is 14.8 Å². The molecule has 0 bridgehead atoms. The Morgan fingerprint density at radius 2 is 1.96 bits per heavy atom. The van der Waals surface area contributed by atoms with E-state index in [9.17, 15) is 4.79 Å². The Kier molecular flexibility index (Phi) is 5.23. The molecule has 0 radical (unpaired) electrons. The molecule has 0 unspecified atom stereocenters. The van der Waals surface area contributed by atoms with Crippen LogP contribution in [-0.4, -0.2) is 25.1 Å². The Labute approximate surface area is 147 Å². The molecule has 25 heavy (non-hydrogen) atoms. The van der Waals surface area contributed by atoms with Crippen molar-refractivity contribution in [3.63, 3.8) is 0 Å². The summed E-state index contributed by atoms with van der Waals surface area (Å²) in [7, 11) is 3.23. The summed E-state index contributed by atoms with van der Waals surface area (Å²) in [5.41, 5.74) is 3.13. The van der Waals surface area contributed by atoms with Crippen LogP contribution in [0.2, 0.25) is 0 Å². The Morgan fingerprint density at radius 1 is 1.08 bits per heavy atom. The van der Waals surface area contributed by atoms with Crippen molar-refractivity contribution in [3.05, 3.63) is 59.8 Å². The van der Waals surface area contributed by atoms with Gasteiger partial charge >= 0.3 is 0 Å². The number of aryl methyl sites for hydroxylation is 1. The smallest absolute Gasteiger partial charge is 0.220 e. The lowest BCUT2D eigenvalue weighted by Crippen LogP contribution is -2.23. The zero-order chi connectivity index (χ0) is 17.6. The van der Waals surface area contributed by atoms with Crippen molar-refractivity contribution in [1.82, 2.24) is 10.3 Å². The van der Waals surface area contributed by atoms with Crippen LogP contribution in [0.4, 0.5) is 0 Å². The number of hydrogen-bond acceptors (Lipinski definition) is 3. The van der Waals surface area contributed by atoms with Gasteiger partial charge in [0.1, 0.15) is 11.5 Å². The Hall–Kier alpha value is -2.95. The molecule has 0 aliphatic rings. The van der Waals surface area contributed by atoms with Gasteiger partial charge in [-0.15, -0.1) is 0 Å². The van der Waals surface area contributed by atoms with Crippen LogP contribution in [0.15, 0.2) is 48.7 Å². The molecule has 1 heterocycles. The van der Waals surface area contributed by atoms with Gasteiger partial charge < -0.3 is 19.8 Å². The quantitative estimate of drug-likeness (QED) is 0.694. The molecule has 2 N–H and O–H groups in total. The number of aromatic nitrogens is 1. The first-order valence-electron chi connectivity index (χ1n) is 8.23. The molecule has 1 amide bonds. The molecular weight excluding hydrogens is 316 g/mol. The third-order valence-electron chi connectivity index (χ3n) is 4.22. The number of rotatable bonds is 7. The summed E-state index contributed by atoms with van der Waals surface area (Å²) >= 11 is 0. The molecule has 0 spiro atoms. The number of benzene rings is 2. The maximum absolute atomic E-state index is 12.2. The predicted octanol–water partition coefficient (Wildman–Crippen LogP) is 3.43. The minimum Gasteiger partial charge on any atom is -0.497 e. The van der Waals surface area contributed by atoms with Crippen molar-refractivity contribution in [3.8, 4) is 11.5 Å². The van der Waals surface area contributed by atoms with E-state index < -0.39 is 0 Å². The van der Waals surface area contributed by atoms with Crippen LogP contribution in [0, 0.1) is 0 Å². The van der Waals surface area contributed by atoms with Crippen LogP contribution >= 0.6 is 0 Å². The molecule has 3 rings (SSSR count).